The Balaban J connectivity index is 2.22. The van der Waals surface area contributed by atoms with Gasteiger partial charge >= 0.3 is 0 Å². The second-order valence-electron chi connectivity index (χ2n) is 2.76. The average Bonchev–Trinajstić information content (AvgIpc) is 2.32. The summed E-state index contributed by atoms with van der Waals surface area (Å²) < 4.78 is 23.9. The van der Waals surface area contributed by atoms with Gasteiger partial charge in [0.15, 0.2) is 0 Å². The standard InChI is InChI=1S/C6H13NO2S2/c1-11(8,9)7-5-6-3-2-4-10-6/h6-7H,2-5H2,1H3. The molecule has 0 bridgehead atoms. The average molecular weight is 195 g/mol. The minimum atomic E-state index is -2.97. The summed E-state index contributed by atoms with van der Waals surface area (Å²) in [7, 11) is -2.97. The molecule has 0 amide bonds. The van der Waals surface area contributed by atoms with E-state index in [1.165, 1.54) is 18.4 Å². The van der Waals surface area contributed by atoms with Crippen molar-refractivity contribution in [2.75, 3.05) is 18.6 Å². The normalized spacial score (nSPS) is 25.7. The smallest absolute Gasteiger partial charge is 0.208 e. The number of hydrogen-bond acceptors (Lipinski definition) is 3. The van der Waals surface area contributed by atoms with E-state index in [0.29, 0.717) is 11.8 Å². The predicted octanol–water partition coefficient (Wildman–Crippen LogP) is 0.431. The van der Waals surface area contributed by atoms with Gasteiger partial charge in [0.1, 0.15) is 0 Å². The number of rotatable bonds is 3. The van der Waals surface area contributed by atoms with Gasteiger partial charge in [-0.1, -0.05) is 0 Å². The Labute approximate surface area is 72.0 Å². The number of sulfonamides is 1. The van der Waals surface area contributed by atoms with Crippen LogP contribution >= 0.6 is 11.8 Å². The van der Waals surface area contributed by atoms with Crippen LogP contribution in [0.3, 0.4) is 0 Å². The molecule has 1 aliphatic rings. The highest BCUT2D eigenvalue weighted by atomic mass is 32.2. The van der Waals surface area contributed by atoms with E-state index >= 15 is 0 Å². The Bertz CT molecular complexity index is 207. The van der Waals surface area contributed by atoms with Gasteiger partial charge in [-0.05, 0) is 18.6 Å². The van der Waals surface area contributed by atoms with E-state index in [0.717, 1.165) is 6.42 Å². The van der Waals surface area contributed by atoms with Crippen LogP contribution in [0, 0.1) is 0 Å². The fourth-order valence-electron chi connectivity index (χ4n) is 1.05. The Morgan fingerprint density at radius 2 is 2.36 bits per heavy atom. The lowest BCUT2D eigenvalue weighted by Gasteiger charge is -2.07. The Morgan fingerprint density at radius 1 is 1.64 bits per heavy atom. The second kappa shape index (κ2) is 3.78. The zero-order valence-corrected chi connectivity index (χ0v) is 8.17. The van der Waals surface area contributed by atoms with Crippen molar-refractivity contribution in [1.82, 2.24) is 4.72 Å². The van der Waals surface area contributed by atoms with Crippen molar-refractivity contribution in [1.29, 1.82) is 0 Å². The summed E-state index contributed by atoms with van der Waals surface area (Å²) in [5, 5.41) is 0.504. The molecule has 1 atom stereocenters. The summed E-state index contributed by atoms with van der Waals surface area (Å²) in [5.41, 5.74) is 0. The summed E-state index contributed by atoms with van der Waals surface area (Å²) in [5.74, 6) is 1.18. The van der Waals surface area contributed by atoms with Gasteiger partial charge in [0, 0.05) is 11.8 Å². The summed E-state index contributed by atoms with van der Waals surface area (Å²) in [6.45, 7) is 0.601. The highest BCUT2D eigenvalue weighted by Crippen LogP contribution is 2.25. The Kier molecular flexibility index (Phi) is 3.21. The third-order valence-electron chi connectivity index (χ3n) is 1.60. The summed E-state index contributed by atoms with van der Waals surface area (Å²) >= 11 is 1.86. The molecular weight excluding hydrogens is 182 g/mol. The van der Waals surface area contributed by atoms with Crippen LogP contribution in [-0.4, -0.2) is 32.2 Å². The molecule has 1 aliphatic heterocycles. The maximum Gasteiger partial charge on any atom is 0.208 e. The predicted molar refractivity (Wildman–Crippen MR) is 48.3 cm³/mol. The minimum absolute atomic E-state index is 0.504. The van der Waals surface area contributed by atoms with Crippen LogP contribution in [0.4, 0.5) is 0 Å². The number of hydrogen-bond donors (Lipinski definition) is 1. The molecule has 5 heteroatoms. The third kappa shape index (κ3) is 3.98. The lowest BCUT2D eigenvalue weighted by molar-refractivity contribution is 0.585. The summed E-state index contributed by atoms with van der Waals surface area (Å²) in [4.78, 5) is 0. The second-order valence-corrected chi connectivity index (χ2v) is 6.00. The molecule has 1 N–H and O–H groups in total. The molecule has 3 nitrogen and oxygen atoms in total. The molecule has 0 radical (unpaired) electrons. The van der Waals surface area contributed by atoms with Crippen LogP contribution in [0.1, 0.15) is 12.8 Å². The SMILES string of the molecule is CS(=O)(=O)NCC1CCCS1. The summed E-state index contributed by atoms with van der Waals surface area (Å²) in [6.07, 6.45) is 3.57. The van der Waals surface area contributed by atoms with Crippen LogP contribution in [0.5, 0.6) is 0 Å². The van der Waals surface area contributed by atoms with E-state index in [-0.39, 0.29) is 0 Å². The van der Waals surface area contributed by atoms with Crippen molar-refractivity contribution in [2.24, 2.45) is 0 Å². The van der Waals surface area contributed by atoms with Crippen LogP contribution in [0.15, 0.2) is 0 Å². The molecule has 0 aromatic heterocycles. The summed E-state index contributed by atoms with van der Waals surface area (Å²) in [6, 6.07) is 0. The molecule has 1 rings (SSSR count). The van der Waals surface area contributed by atoms with Gasteiger partial charge in [0.2, 0.25) is 10.0 Å². The van der Waals surface area contributed by atoms with E-state index in [1.54, 1.807) is 0 Å². The highest BCUT2D eigenvalue weighted by molar-refractivity contribution is 8.00. The van der Waals surface area contributed by atoms with Crippen molar-refractivity contribution in [3.05, 3.63) is 0 Å². The quantitative estimate of drug-likeness (QED) is 0.710. The van der Waals surface area contributed by atoms with E-state index in [2.05, 4.69) is 4.72 Å². The molecular formula is C6H13NO2S2. The largest absolute Gasteiger partial charge is 0.214 e. The maximum atomic E-state index is 10.7. The van der Waals surface area contributed by atoms with Crippen molar-refractivity contribution in [3.63, 3.8) is 0 Å². The van der Waals surface area contributed by atoms with Gasteiger partial charge in [-0.2, -0.15) is 11.8 Å². The van der Waals surface area contributed by atoms with E-state index in [4.69, 9.17) is 0 Å². The van der Waals surface area contributed by atoms with Gasteiger partial charge in [-0.3, -0.25) is 0 Å². The first-order chi connectivity index (χ1) is 5.08. The van der Waals surface area contributed by atoms with Crippen LogP contribution in [0.2, 0.25) is 0 Å². The van der Waals surface area contributed by atoms with Gasteiger partial charge in [0.05, 0.1) is 6.26 Å². The lowest BCUT2D eigenvalue weighted by atomic mass is 10.2. The zero-order valence-electron chi connectivity index (χ0n) is 6.54. The number of nitrogens with one attached hydrogen (secondary N) is 1. The lowest BCUT2D eigenvalue weighted by Crippen LogP contribution is -2.28. The van der Waals surface area contributed by atoms with Crippen LogP contribution in [-0.2, 0) is 10.0 Å². The van der Waals surface area contributed by atoms with Crippen LogP contribution in [0.25, 0.3) is 0 Å². The fraction of sp³-hybridized carbons (Fsp3) is 1.00. The first kappa shape index (κ1) is 9.35. The zero-order chi connectivity index (χ0) is 8.32. The monoisotopic (exact) mass is 195 g/mol. The van der Waals surface area contributed by atoms with Gasteiger partial charge < -0.3 is 0 Å². The topological polar surface area (TPSA) is 46.2 Å². The van der Waals surface area contributed by atoms with Crippen molar-refractivity contribution >= 4 is 21.8 Å². The molecule has 0 aromatic carbocycles. The van der Waals surface area contributed by atoms with Crippen LogP contribution < -0.4 is 4.72 Å². The van der Waals surface area contributed by atoms with E-state index < -0.39 is 10.0 Å². The molecule has 66 valence electrons. The van der Waals surface area contributed by atoms with Crippen molar-refractivity contribution < 1.29 is 8.42 Å². The van der Waals surface area contributed by atoms with E-state index in [1.807, 2.05) is 11.8 Å². The Hall–Kier alpha value is 0.260. The van der Waals surface area contributed by atoms with Gasteiger partial charge in [-0.25, -0.2) is 13.1 Å². The minimum Gasteiger partial charge on any atom is -0.214 e. The molecule has 1 saturated heterocycles. The fourth-order valence-corrected chi connectivity index (χ4v) is 2.86. The first-order valence-electron chi connectivity index (χ1n) is 3.64. The van der Waals surface area contributed by atoms with Crippen molar-refractivity contribution in [3.8, 4) is 0 Å². The first-order valence-corrected chi connectivity index (χ1v) is 6.58. The molecule has 0 aliphatic carbocycles. The number of thioether (sulfide) groups is 1. The van der Waals surface area contributed by atoms with Gasteiger partial charge in [-0.15, -0.1) is 0 Å². The molecule has 1 unspecified atom stereocenters. The van der Waals surface area contributed by atoms with Gasteiger partial charge in [0.25, 0.3) is 0 Å². The maximum absolute atomic E-state index is 10.7. The van der Waals surface area contributed by atoms with Crippen molar-refractivity contribution in [2.45, 2.75) is 18.1 Å². The molecule has 1 heterocycles. The highest BCUT2D eigenvalue weighted by Gasteiger charge is 2.16. The molecule has 11 heavy (non-hydrogen) atoms. The molecule has 0 saturated carbocycles. The Morgan fingerprint density at radius 3 is 2.82 bits per heavy atom. The van der Waals surface area contributed by atoms with E-state index in [9.17, 15) is 8.42 Å². The third-order valence-corrected chi connectivity index (χ3v) is 3.69. The molecule has 1 fully saturated rings. The molecule has 0 spiro atoms. The molecule has 0 aromatic rings.